The number of nitro groups is 1. The third-order valence-electron chi connectivity index (χ3n) is 6.79. The van der Waals surface area contributed by atoms with Crippen molar-refractivity contribution in [2.24, 2.45) is 0 Å². The summed E-state index contributed by atoms with van der Waals surface area (Å²) in [4.78, 5) is 18.8. The second-order valence-electron chi connectivity index (χ2n) is 9.91. The summed E-state index contributed by atoms with van der Waals surface area (Å²) in [6, 6.07) is 13.2. The van der Waals surface area contributed by atoms with Crippen molar-refractivity contribution in [1.82, 2.24) is 14.5 Å². The summed E-state index contributed by atoms with van der Waals surface area (Å²) in [7, 11) is 0. The lowest BCUT2D eigenvalue weighted by Crippen LogP contribution is -2.46. The van der Waals surface area contributed by atoms with Gasteiger partial charge in [-0.3, -0.25) is 9.47 Å². The van der Waals surface area contributed by atoms with E-state index in [9.17, 15) is 23.3 Å². The van der Waals surface area contributed by atoms with Gasteiger partial charge in [0.1, 0.15) is 18.6 Å². The number of fused-ring (bicyclic) bond motifs is 1. The Bertz CT molecular complexity index is 1310. The van der Waals surface area contributed by atoms with Crippen LogP contribution in [0.25, 0.3) is 6.08 Å². The third kappa shape index (κ3) is 6.33. The van der Waals surface area contributed by atoms with Crippen LogP contribution in [0.2, 0.25) is 0 Å². The highest BCUT2D eigenvalue weighted by molar-refractivity contribution is 5.51. The van der Waals surface area contributed by atoms with Gasteiger partial charge in [-0.15, -0.1) is 0 Å². The van der Waals surface area contributed by atoms with Crippen molar-refractivity contribution in [3.05, 3.63) is 82.0 Å². The van der Waals surface area contributed by atoms with E-state index in [2.05, 4.69) is 14.8 Å². The SMILES string of the molecule is C[C@@]1(COc2ccc(N3CCN(CC=Cc4ccc(C(F)(F)F)cc4)CC3)cc2)Cn2cc([N+](=O)[O-])nc2O1. The van der Waals surface area contributed by atoms with E-state index in [-0.39, 0.29) is 18.4 Å². The first-order chi connectivity index (χ1) is 18.6. The smallest absolute Gasteiger partial charge is 0.416 e. The molecule has 0 saturated carbocycles. The van der Waals surface area contributed by atoms with Crippen LogP contribution in [-0.2, 0) is 12.7 Å². The topological polar surface area (TPSA) is 85.9 Å². The number of nitrogens with zero attached hydrogens (tertiary/aromatic N) is 5. The minimum Gasteiger partial charge on any atom is -0.489 e. The molecule has 0 radical (unpaired) electrons. The lowest BCUT2D eigenvalue weighted by atomic mass is 10.1. The second kappa shape index (κ2) is 10.6. The van der Waals surface area contributed by atoms with Crippen LogP contribution in [0.3, 0.4) is 0 Å². The van der Waals surface area contributed by atoms with Crippen LogP contribution in [-0.4, -0.2) is 64.3 Å². The maximum Gasteiger partial charge on any atom is 0.416 e. The molecule has 1 saturated heterocycles. The Balaban J connectivity index is 1.05. The number of ether oxygens (including phenoxy) is 2. The lowest BCUT2D eigenvalue weighted by molar-refractivity contribution is -0.389. The van der Waals surface area contributed by atoms with Gasteiger partial charge in [0, 0.05) is 43.4 Å². The number of imidazole rings is 1. The van der Waals surface area contributed by atoms with Crippen LogP contribution in [0.4, 0.5) is 24.7 Å². The number of anilines is 1. The molecule has 1 fully saturated rings. The van der Waals surface area contributed by atoms with E-state index in [1.54, 1.807) is 4.57 Å². The van der Waals surface area contributed by atoms with Crippen molar-refractivity contribution in [3.8, 4) is 11.8 Å². The van der Waals surface area contributed by atoms with E-state index in [0.29, 0.717) is 12.3 Å². The van der Waals surface area contributed by atoms with E-state index < -0.39 is 22.3 Å². The maximum absolute atomic E-state index is 12.7. The van der Waals surface area contributed by atoms with Crippen molar-refractivity contribution in [2.75, 3.05) is 44.2 Å². The zero-order valence-electron chi connectivity index (χ0n) is 21.3. The molecule has 2 aromatic carbocycles. The zero-order valence-corrected chi connectivity index (χ0v) is 21.3. The molecule has 206 valence electrons. The Kier molecular flexibility index (Phi) is 7.21. The highest BCUT2D eigenvalue weighted by atomic mass is 19.4. The summed E-state index contributed by atoms with van der Waals surface area (Å²) in [5.74, 6) is 0.463. The van der Waals surface area contributed by atoms with Gasteiger partial charge in [0.05, 0.1) is 12.1 Å². The molecule has 9 nitrogen and oxygen atoms in total. The fraction of sp³-hybridized carbons (Fsp3) is 0.370. The Labute approximate surface area is 223 Å². The van der Waals surface area contributed by atoms with Crippen molar-refractivity contribution >= 4 is 17.6 Å². The number of aromatic nitrogens is 2. The average Bonchev–Trinajstić information content (AvgIpc) is 3.44. The van der Waals surface area contributed by atoms with Gasteiger partial charge < -0.3 is 24.5 Å². The standard InChI is InChI=1S/C27H28F3N5O4/c1-26(18-34-17-24(35(36)37)31-25(34)39-26)19-38-23-10-8-22(9-11-23)33-15-13-32(14-16-33)12-2-3-20-4-6-21(7-5-20)27(28,29)30/h2-11,17H,12-16,18-19H2,1H3/t26-/m0/s1. The number of piperazine rings is 1. The van der Waals surface area contributed by atoms with Crippen molar-refractivity contribution in [1.29, 1.82) is 0 Å². The van der Waals surface area contributed by atoms with Crippen LogP contribution in [0.1, 0.15) is 18.1 Å². The van der Waals surface area contributed by atoms with Crippen LogP contribution in [0, 0.1) is 10.1 Å². The largest absolute Gasteiger partial charge is 0.489 e. The first-order valence-corrected chi connectivity index (χ1v) is 12.5. The summed E-state index contributed by atoms with van der Waals surface area (Å²) >= 11 is 0. The van der Waals surface area contributed by atoms with E-state index >= 15 is 0 Å². The molecule has 0 spiro atoms. The molecule has 1 aromatic heterocycles. The third-order valence-corrected chi connectivity index (χ3v) is 6.79. The van der Waals surface area contributed by atoms with Gasteiger partial charge in [0.15, 0.2) is 5.60 Å². The minimum atomic E-state index is -4.32. The number of alkyl halides is 3. The highest BCUT2D eigenvalue weighted by Gasteiger charge is 2.41. The fourth-order valence-corrected chi connectivity index (χ4v) is 4.66. The first-order valence-electron chi connectivity index (χ1n) is 12.5. The van der Waals surface area contributed by atoms with Gasteiger partial charge >= 0.3 is 18.0 Å². The highest BCUT2D eigenvalue weighted by Crippen LogP contribution is 2.32. The van der Waals surface area contributed by atoms with Crippen LogP contribution in [0.5, 0.6) is 11.8 Å². The molecule has 39 heavy (non-hydrogen) atoms. The molecular weight excluding hydrogens is 515 g/mol. The maximum atomic E-state index is 12.7. The van der Waals surface area contributed by atoms with E-state index in [4.69, 9.17) is 9.47 Å². The van der Waals surface area contributed by atoms with E-state index in [1.807, 2.05) is 43.3 Å². The summed E-state index contributed by atoms with van der Waals surface area (Å²) < 4.78 is 51.5. The molecule has 3 heterocycles. The van der Waals surface area contributed by atoms with Crippen molar-refractivity contribution in [2.45, 2.75) is 25.2 Å². The van der Waals surface area contributed by atoms with Gasteiger partial charge in [-0.25, -0.2) is 0 Å². The second-order valence-corrected chi connectivity index (χ2v) is 9.91. The van der Waals surface area contributed by atoms with Crippen LogP contribution in [0.15, 0.2) is 60.8 Å². The number of benzene rings is 2. The Morgan fingerprint density at radius 2 is 1.79 bits per heavy atom. The van der Waals surface area contributed by atoms with Gasteiger partial charge in [-0.1, -0.05) is 24.3 Å². The first kappa shape index (κ1) is 26.5. The number of hydrogen-bond donors (Lipinski definition) is 0. The van der Waals surface area contributed by atoms with Gasteiger partial charge in [0.2, 0.25) is 0 Å². The Hall–Kier alpha value is -4.06. The van der Waals surface area contributed by atoms with Crippen LogP contribution < -0.4 is 14.4 Å². The lowest BCUT2D eigenvalue weighted by Gasteiger charge is -2.35. The molecule has 3 aromatic rings. The van der Waals surface area contributed by atoms with E-state index in [1.165, 1.54) is 18.3 Å². The van der Waals surface area contributed by atoms with Gasteiger partial charge in [0.25, 0.3) is 0 Å². The van der Waals surface area contributed by atoms with Crippen LogP contribution >= 0.6 is 0 Å². The number of hydrogen-bond acceptors (Lipinski definition) is 7. The number of rotatable bonds is 8. The average molecular weight is 544 g/mol. The monoisotopic (exact) mass is 543 g/mol. The predicted octanol–water partition coefficient (Wildman–Crippen LogP) is 4.88. The molecular formula is C27H28F3N5O4. The normalized spacial score (nSPS) is 19.7. The predicted molar refractivity (Wildman–Crippen MR) is 139 cm³/mol. The molecule has 0 bridgehead atoms. The van der Waals surface area contributed by atoms with Gasteiger partial charge in [-0.2, -0.15) is 13.2 Å². The molecule has 0 amide bonds. The molecule has 12 heteroatoms. The molecule has 0 N–H and O–H groups in total. The Morgan fingerprint density at radius 3 is 2.41 bits per heavy atom. The summed E-state index contributed by atoms with van der Waals surface area (Å²) in [5.41, 5.74) is 0.523. The summed E-state index contributed by atoms with van der Waals surface area (Å²) in [6.07, 6.45) is 0.872. The minimum absolute atomic E-state index is 0.220. The summed E-state index contributed by atoms with van der Waals surface area (Å²) in [6.45, 7) is 6.75. The quantitative estimate of drug-likeness (QED) is 0.296. The Morgan fingerprint density at radius 1 is 1.10 bits per heavy atom. The summed E-state index contributed by atoms with van der Waals surface area (Å²) in [5, 5.41) is 10.9. The van der Waals surface area contributed by atoms with E-state index in [0.717, 1.165) is 56.1 Å². The number of halogens is 3. The molecule has 2 aliphatic heterocycles. The fourth-order valence-electron chi connectivity index (χ4n) is 4.66. The van der Waals surface area contributed by atoms with Crippen molar-refractivity contribution < 1.29 is 27.6 Å². The molecule has 5 rings (SSSR count). The van der Waals surface area contributed by atoms with Gasteiger partial charge in [-0.05, 0) is 53.8 Å². The zero-order chi connectivity index (χ0) is 27.6. The molecule has 2 aliphatic rings. The van der Waals surface area contributed by atoms with Crippen molar-refractivity contribution in [3.63, 3.8) is 0 Å². The molecule has 0 unspecified atom stereocenters. The molecule has 0 aliphatic carbocycles. The molecule has 1 atom stereocenters.